The van der Waals surface area contributed by atoms with Gasteiger partial charge in [-0.1, -0.05) is 18.2 Å². The van der Waals surface area contributed by atoms with Gasteiger partial charge in [0.2, 0.25) is 5.76 Å². The van der Waals surface area contributed by atoms with Gasteiger partial charge in [-0.15, -0.1) is 0 Å². The SMILES string of the molecule is Cc1c(C(=O)Oc2ccc(C(=O)c3ccc(F)cc3)cc2)oc2ccccc12. The molecular weight excluding hydrogens is 359 g/mol. The first-order valence-electron chi connectivity index (χ1n) is 8.63. The summed E-state index contributed by atoms with van der Waals surface area (Å²) in [6.07, 6.45) is 0. The van der Waals surface area contributed by atoms with Gasteiger partial charge in [0.15, 0.2) is 5.78 Å². The molecule has 4 nitrogen and oxygen atoms in total. The topological polar surface area (TPSA) is 56.5 Å². The largest absolute Gasteiger partial charge is 0.449 e. The minimum atomic E-state index is -0.605. The predicted molar refractivity (Wildman–Crippen MR) is 102 cm³/mol. The zero-order chi connectivity index (χ0) is 19.7. The second-order valence-corrected chi connectivity index (χ2v) is 6.30. The fraction of sp³-hybridized carbons (Fsp3) is 0.0435. The lowest BCUT2D eigenvalue weighted by Gasteiger charge is -2.05. The molecule has 0 spiro atoms. The Labute approximate surface area is 160 Å². The van der Waals surface area contributed by atoms with E-state index in [9.17, 15) is 14.0 Å². The summed E-state index contributed by atoms with van der Waals surface area (Å²) in [5.41, 5.74) is 2.12. The summed E-state index contributed by atoms with van der Waals surface area (Å²) in [5.74, 6) is -0.815. The van der Waals surface area contributed by atoms with Crippen molar-refractivity contribution in [1.82, 2.24) is 0 Å². The van der Waals surface area contributed by atoms with Crippen molar-refractivity contribution >= 4 is 22.7 Å². The number of rotatable bonds is 4. The van der Waals surface area contributed by atoms with Gasteiger partial charge < -0.3 is 9.15 Å². The Morgan fingerprint density at radius 2 is 1.46 bits per heavy atom. The quantitative estimate of drug-likeness (QED) is 0.275. The molecule has 0 aliphatic carbocycles. The van der Waals surface area contributed by atoms with Crippen molar-refractivity contribution in [3.05, 3.63) is 101 Å². The molecule has 0 radical (unpaired) electrons. The lowest BCUT2D eigenvalue weighted by atomic mass is 10.0. The van der Waals surface area contributed by atoms with Crippen LogP contribution in [0, 0.1) is 12.7 Å². The van der Waals surface area contributed by atoms with Gasteiger partial charge in [0.1, 0.15) is 17.1 Å². The van der Waals surface area contributed by atoms with Crippen molar-refractivity contribution < 1.29 is 23.1 Å². The summed E-state index contributed by atoms with van der Waals surface area (Å²) in [6, 6.07) is 18.9. The van der Waals surface area contributed by atoms with E-state index in [-0.39, 0.29) is 11.5 Å². The fourth-order valence-corrected chi connectivity index (χ4v) is 2.96. The van der Waals surface area contributed by atoms with E-state index < -0.39 is 11.8 Å². The third-order valence-electron chi connectivity index (χ3n) is 4.46. The molecule has 0 atom stereocenters. The molecule has 0 aliphatic heterocycles. The Balaban J connectivity index is 1.52. The monoisotopic (exact) mass is 374 g/mol. The van der Waals surface area contributed by atoms with E-state index in [1.807, 2.05) is 18.2 Å². The Morgan fingerprint density at radius 3 is 2.11 bits per heavy atom. The molecule has 0 aliphatic rings. The molecule has 0 amide bonds. The zero-order valence-electron chi connectivity index (χ0n) is 14.9. The molecular formula is C23H15FO4. The molecule has 1 aromatic heterocycles. The number of ether oxygens (including phenoxy) is 1. The van der Waals surface area contributed by atoms with E-state index in [4.69, 9.17) is 9.15 Å². The van der Waals surface area contributed by atoms with Crippen LogP contribution < -0.4 is 4.74 Å². The molecule has 3 aromatic carbocycles. The van der Waals surface area contributed by atoms with E-state index >= 15 is 0 Å². The molecule has 0 bridgehead atoms. The molecule has 0 saturated heterocycles. The lowest BCUT2D eigenvalue weighted by Crippen LogP contribution is -2.09. The number of hydrogen-bond acceptors (Lipinski definition) is 4. The van der Waals surface area contributed by atoms with Crippen LogP contribution >= 0.6 is 0 Å². The van der Waals surface area contributed by atoms with Gasteiger partial charge in [0.05, 0.1) is 0 Å². The Kier molecular flexibility index (Phi) is 4.49. The maximum absolute atomic E-state index is 13.0. The van der Waals surface area contributed by atoms with Gasteiger partial charge in [-0.2, -0.15) is 0 Å². The van der Waals surface area contributed by atoms with Gasteiger partial charge in [-0.05, 0) is 61.5 Å². The Morgan fingerprint density at radius 1 is 0.857 bits per heavy atom. The van der Waals surface area contributed by atoms with Crippen LogP contribution in [-0.2, 0) is 0 Å². The molecule has 4 aromatic rings. The maximum Gasteiger partial charge on any atom is 0.379 e. The van der Waals surface area contributed by atoms with Crippen LogP contribution in [0.25, 0.3) is 11.0 Å². The first-order chi connectivity index (χ1) is 13.5. The van der Waals surface area contributed by atoms with Gasteiger partial charge in [0.25, 0.3) is 0 Å². The van der Waals surface area contributed by atoms with Crippen molar-refractivity contribution in [3.8, 4) is 5.75 Å². The second-order valence-electron chi connectivity index (χ2n) is 6.30. The zero-order valence-corrected chi connectivity index (χ0v) is 14.9. The van der Waals surface area contributed by atoms with E-state index in [1.54, 1.807) is 25.1 Å². The number of para-hydroxylation sites is 1. The van der Waals surface area contributed by atoms with Crippen LogP contribution in [-0.4, -0.2) is 11.8 Å². The van der Waals surface area contributed by atoms with E-state index in [1.165, 1.54) is 36.4 Å². The predicted octanol–water partition coefficient (Wildman–Crippen LogP) is 5.33. The summed E-state index contributed by atoms with van der Waals surface area (Å²) in [6.45, 7) is 1.80. The third-order valence-corrected chi connectivity index (χ3v) is 4.46. The van der Waals surface area contributed by atoms with Crippen molar-refractivity contribution in [2.75, 3.05) is 0 Å². The summed E-state index contributed by atoms with van der Waals surface area (Å²) in [5, 5.41) is 0.856. The van der Waals surface area contributed by atoms with E-state index in [0.717, 1.165) is 5.39 Å². The fourth-order valence-electron chi connectivity index (χ4n) is 2.96. The number of fused-ring (bicyclic) bond motifs is 1. The molecule has 5 heteroatoms. The Hall–Kier alpha value is -3.73. The van der Waals surface area contributed by atoms with E-state index in [0.29, 0.717) is 28.0 Å². The summed E-state index contributed by atoms with van der Waals surface area (Å²) in [7, 11) is 0. The van der Waals surface area contributed by atoms with Crippen molar-refractivity contribution in [3.63, 3.8) is 0 Å². The number of aryl methyl sites for hydroxylation is 1. The number of furan rings is 1. The minimum absolute atomic E-state index is 0.146. The average Bonchev–Trinajstić information content (AvgIpc) is 3.06. The van der Waals surface area contributed by atoms with Crippen LogP contribution in [0.3, 0.4) is 0 Å². The summed E-state index contributed by atoms with van der Waals surface area (Å²) in [4.78, 5) is 24.9. The van der Waals surface area contributed by atoms with E-state index in [2.05, 4.69) is 0 Å². The van der Waals surface area contributed by atoms with Crippen LogP contribution in [0.15, 0.2) is 77.2 Å². The number of halogens is 1. The van der Waals surface area contributed by atoms with Gasteiger partial charge in [0, 0.05) is 22.1 Å². The number of carbonyl (C=O) groups excluding carboxylic acids is 2. The highest BCUT2D eigenvalue weighted by atomic mass is 19.1. The third kappa shape index (κ3) is 3.30. The average molecular weight is 374 g/mol. The lowest BCUT2D eigenvalue weighted by molar-refractivity contribution is 0.0703. The molecule has 28 heavy (non-hydrogen) atoms. The molecule has 138 valence electrons. The highest BCUT2D eigenvalue weighted by Crippen LogP contribution is 2.26. The summed E-state index contributed by atoms with van der Waals surface area (Å²) < 4.78 is 24.0. The first kappa shape index (κ1) is 17.7. The highest BCUT2D eigenvalue weighted by Gasteiger charge is 2.19. The molecule has 0 fully saturated rings. The van der Waals surface area contributed by atoms with Gasteiger partial charge >= 0.3 is 5.97 Å². The normalized spacial score (nSPS) is 10.8. The van der Waals surface area contributed by atoms with Gasteiger partial charge in [-0.25, -0.2) is 9.18 Å². The Bertz CT molecular complexity index is 1170. The van der Waals surface area contributed by atoms with Crippen LogP contribution in [0.5, 0.6) is 5.75 Å². The number of ketones is 1. The van der Waals surface area contributed by atoms with Crippen LogP contribution in [0.4, 0.5) is 4.39 Å². The maximum atomic E-state index is 13.0. The minimum Gasteiger partial charge on any atom is -0.449 e. The van der Waals surface area contributed by atoms with Crippen molar-refractivity contribution in [2.24, 2.45) is 0 Å². The molecule has 1 heterocycles. The van der Waals surface area contributed by atoms with Gasteiger partial charge in [-0.3, -0.25) is 4.79 Å². The smallest absolute Gasteiger partial charge is 0.379 e. The molecule has 4 rings (SSSR count). The second kappa shape index (κ2) is 7.12. The van der Waals surface area contributed by atoms with Crippen LogP contribution in [0.2, 0.25) is 0 Å². The number of esters is 1. The molecule has 0 unspecified atom stereocenters. The number of benzene rings is 3. The van der Waals surface area contributed by atoms with Crippen LogP contribution in [0.1, 0.15) is 32.0 Å². The molecule has 0 N–H and O–H groups in total. The summed E-state index contributed by atoms with van der Waals surface area (Å²) >= 11 is 0. The van der Waals surface area contributed by atoms with Crippen molar-refractivity contribution in [1.29, 1.82) is 0 Å². The number of hydrogen-bond donors (Lipinski definition) is 0. The molecule has 0 saturated carbocycles. The highest BCUT2D eigenvalue weighted by molar-refractivity contribution is 6.09. The van der Waals surface area contributed by atoms with Crippen molar-refractivity contribution in [2.45, 2.75) is 6.92 Å². The standard InChI is InChI=1S/C23H15FO4/c1-14-19-4-2-3-5-20(19)28-22(14)23(26)27-18-12-8-16(9-13-18)21(25)15-6-10-17(24)11-7-15/h2-13H,1H3. The number of carbonyl (C=O) groups is 2. The first-order valence-corrected chi connectivity index (χ1v) is 8.63.